The fourth-order valence-electron chi connectivity index (χ4n) is 7.34. The molecule has 2 aliphatic rings. The smallest absolute Gasteiger partial charge is 0.235 e. The molecule has 2 atom stereocenters. The van der Waals surface area contributed by atoms with Crippen LogP contribution in [0.15, 0.2) is 126 Å². The maximum absolute atomic E-state index is 6.54. The highest BCUT2D eigenvalue weighted by molar-refractivity contribution is 5.98. The van der Waals surface area contributed by atoms with Crippen LogP contribution in [0.1, 0.15) is 54.3 Å². The van der Waals surface area contributed by atoms with E-state index >= 15 is 0 Å². The van der Waals surface area contributed by atoms with Crippen LogP contribution in [0.3, 0.4) is 0 Å². The van der Waals surface area contributed by atoms with Gasteiger partial charge in [-0.05, 0) is 54.5 Å². The summed E-state index contributed by atoms with van der Waals surface area (Å²) in [5, 5.41) is 2.43. The van der Waals surface area contributed by atoms with Crippen LogP contribution in [0, 0.1) is 5.92 Å². The zero-order valence-corrected chi connectivity index (χ0v) is 25.9. The average molecular weight is 596 g/mol. The normalized spacial score (nSPS) is 17.2. The van der Waals surface area contributed by atoms with Crippen LogP contribution in [0.4, 0.5) is 0 Å². The Kier molecular flexibility index (Phi) is 6.17. The molecule has 2 aliphatic carbocycles. The van der Waals surface area contributed by atoms with Gasteiger partial charge in [-0.3, -0.25) is 4.57 Å². The van der Waals surface area contributed by atoms with Gasteiger partial charge in [0.25, 0.3) is 0 Å². The fourth-order valence-corrected chi connectivity index (χ4v) is 7.34. The third-order valence-electron chi connectivity index (χ3n) is 9.63. The van der Waals surface area contributed by atoms with Crippen LogP contribution in [-0.2, 0) is 6.42 Å². The van der Waals surface area contributed by atoms with Gasteiger partial charge in [0.05, 0.1) is 16.9 Å². The fraction of sp³-hybridized carbons (Fsp3) is 0.143. The van der Waals surface area contributed by atoms with Crippen LogP contribution in [0.5, 0.6) is 0 Å². The molecule has 0 saturated carbocycles. The monoisotopic (exact) mass is 595 g/mol. The largest absolute Gasteiger partial charge is 0.456 e. The minimum absolute atomic E-state index is 0.414. The Bertz CT molecular complexity index is 2280. The lowest BCUT2D eigenvalue weighted by molar-refractivity contribution is 0.581. The minimum atomic E-state index is 0.414. The first kappa shape index (κ1) is 26.9. The van der Waals surface area contributed by atoms with Crippen molar-refractivity contribution in [2.45, 2.75) is 32.6 Å². The molecule has 3 heterocycles. The summed E-state index contributed by atoms with van der Waals surface area (Å²) in [7, 11) is 0. The number of fused-ring (bicyclic) bond motifs is 6. The van der Waals surface area contributed by atoms with Gasteiger partial charge < -0.3 is 4.42 Å². The van der Waals surface area contributed by atoms with E-state index in [0.717, 1.165) is 52.2 Å². The highest BCUT2D eigenvalue weighted by Crippen LogP contribution is 2.45. The summed E-state index contributed by atoms with van der Waals surface area (Å²) in [6.45, 7) is 4.58. The van der Waals surface area contributed by atoms with Gasteiger partial charge in [0.15, 0.2) is 0 Å². The number of rotatable bonds is 4. The molecule has 0 aliphatic heterocycles. The van der Waals surface area contributed by atoms with Gasteiger partial charge in [-0.1, -0.05) is 117 Å². The zero-order chi connectivity index (χ0) is 30.8. The predicted molar refractivity (Wildman–Crippen MR) is 188 cm³/mol. The van der Waals surface area contributed by atoms with E-state index in [1.807, 2.05) is 12.1 Å². The van der Waals surface area contributed by atoms with E-state index in [-0.39, 0.29) is 0 Å². The molecule has 4 heteroatoms. The molecule has 0 amide bonds. The van der Waals surface area contributed by atoms with Crippen molar-refractivity contribution in [3.63, 3.8) is 0 Å². The molecule has 2 unspecified atom stereocenters. The lowest BCUT2D eigenvalue weighted by Gasteiger charge is -2.19. The lowest BCUT2D eigenvalue weighted by atomic mass is 9.84. The highest BCUT2D eigenvalue weighted by Gasteiger charge is 2.28. The zero-order valence-electron chi connectivity index (χ0n) is 25.9. The third kappa shape index (κ3) is 4.28. The quantitative estimate of drug-likeness (QED) is 0.203. The van der Waals surface area contributed by atoms with Gasteiger partial charge in [0.2, 0.25) is 5.95 Å². The maximum atomic E-state index is 6.54. The summed E-state index contributed by atoms with van der Waals surface area (Å²) in [6, 6.07) is 38.2. The molecule has 0 bridgehead atoms. The molecule has 9 rings (SSSR count). The number of benzene rings is 4. The van der Waals surface area contributed by atoms with Crippen molar-refractivity contribution >= 4 is 33.5 Å². The third-order valence-corrected chi connectivity index (χ3v) is 9.63. The molecule has 0 radical (unpaired) electrons. The Balaban J connectivity index is 1.26. The van der Waals surface area contributed by atoms with Crippen molar-refractivity contribution in [3.05, 3.63) is 149 Å². The van der Waals surface area contributed by atoms with Crippen LogP contribution < -0.4 is 0 Å². The van der Waals surface area contributed by atoms with E-state index in [1.54, 1.807) is 0 Å². The predicted octanol–water partition coefficient (Wildman–Crippen LogP) is 10.6. The van der Waals surface area contributed by atoms with Gasteiger partial charge in [-0.2, -0.15) is 0 Å². The van der Waals surface area contributed by atoms with E-state index in [4.69, 9.17) is 14.4 Å². The summed E-state index contributed by atoms with van der Waals surface area (Å²) in [5.74, 6) is 2.54. The van der Waals surface area contributed by atoms with Gasteiger partial charge in [0, 0.05) is 44.3 Å². The molecule has 46 heavy (non-hydrogen) atoms. The van der Waals surface area contributed by atoms with E-state index < -0.39 is 0 Å². The second-order valence-electron chi connectivity index (χ2n) is 12.7. The van der Waals surface area contributed by atoms with E-state index in [2.05, 4.69) is 134 Å². The molecule has 4 aromatic carbocycles. The lowest BCUT2D eigenvalue weighted by Crippen LogP contribution is -2.11. The van der Waals surface area contributed by atoms with E-state index in [1.165, 1.54) is 38.7 Å². The number of aromatic nitrogens is 3. The standard InChI is InChI=1S/C42H33N3O/c1-26-17-20-32-34-24-30(31-21-18-27(2)40-33-15-9-10-16-39(33)46-41(31)40)19-22-37(34)45(38(32)23-26)42-43-35(28-11-5-3-6-12-28)25-36(44-42)29-13-7-4-8-14-29/h3-17,19-22,24-27H,18,23H2,1-2H3. The number of furan rings is 1. The number of nitrogens with zero attached hydrogens (tertiary/aromatic N) is 3. The molecular weight excluding hydrogens is 562 g/mol. The maximum Gasteiger partial charge on any atom is 0.235 e. The molecule has 0 N–H and O–H groups in total. The molecule has 0 fully saturated rings. The van der Waals surface area contributed by atoms with Gasteiger partial charge in [-0.15, -0.1) is 0 Å². The molecule has 4 nitrogen and oxygen atoms in total. The number of hydrogen-bond acceptors (Lipinski definition) is 3. The minimum Gasteiger partial charge on any atom is -0.456 e. The van der Waals surface area contributed by atoms with Gasteiger partial charge >= 0.3 is 0 Å². The van der Waals surface area contributed by atoms with Crippen LogP contribution >= 0.6 is 0 Å². The molecule has 222 valence electrons. The van der Waals surface area contributed by atoms with E-state index in [0.29, 0.717) is 17.8 Å². The number of para-hydroxylation sites is 1. The van der Waals surface area contributed by atoms with E-state index in [9.17, 15) is 0 Å². The second-order valence-corrected chi connectivity index (χ2v) is 12.7. The SMILES string of the molecule is CC1C=Cc2c(n(-c3nc(-c4ccccc4)cc(-c4ccccc4)n3)c3ccc(C4=CCC(C)c5c4oc4ccccc54)cc23)C1. The molecular formula is C42H33N3O. The molecule has 3 aromatic heterocycles. The first-order chi connectivity index (χ1) is 22.6. The highest BCUT2D eigenvalue weighted by atomic mass is 16.3. The summed E-state index contributed by atoms with van der Waals surface area (Å²) < 4.78 is 8.85. The molecule has 0 spiro atoms. The summed E-state index contributed by atoms with van der Waals surface area (Å²) in [6.07, 6.45) is 8.90. The Morgan fingerprint density at radius 3 is 2.15 bits per heavy atom. The second kappa shape index (κ2) is 10.6. The first-order valence-corrected chi connectivity index (χ1v) is 16.2. The number of allylic oxidation sites excluding steroid dienone is 2. The average Bonchev–Trinajstić information content (AvgIpc) is 3.65. The van der Waals surface area contributed by atoms with Crippen molar-refractivity contribution in [1.29, 1.82) is 0 Å². The van der Waals surface area contributed by atoms with Crippen LogP contribution in [0.2, 0.25) is 0 Å². The first-order valence-electron chi connectivity index (χ1n) is 16.2. The van der Waals surface area contributed by atoms with Crippen molar-refractivity contribution in [2.24, 2.45) is 5.92 Å². The Hall–Kier alpha value is -5.48. The molecule has 0 saturated heterocycles. The topological polar surface area (TPSA) is 43.9 Å². The summed E-state index contributed by atoms with van der Waals surface area (Å²) >= 11 is 0. The molecule has 7 aromatic rings. The summed E-state index contributed by atoms with van der Waals surface area (Å²) in [4.78, 5) is 10.5. The Morgan fingerprint density at radius 2 is 1.41 bits per heavy atom. The van der Waals surface area contributed by atoms with Crippen molar-refractivity contribution in [2.75, 3.05) is 0 Å². The van der Waals surface area contributed by atoms with Crippen LogP contribution in [0.25, 0.3) is 62.0 Å². The summed E-state index contributed by atoms with van der Waals surface area (Å²) in [5.41, 5.74) is 12.2. The number of hydrogen-bond donors (Lipinski definition) is 0. The Morgan fingerprint density at radius 1 is 0.717 bits per heavy atom. The van der Waals surface area contributed by atoms with Gasteiger partial charge in [-0.25, -0.2) is 9.97 Å². The van der Waals surface area contributed by atoms with Gasteiger partial charge in [0.1, 0.15) is 11.3 Å². The van der Waals surface area contributed by atoms with Crippen LogP contribution in [-0.4, -0.2) is 14.5 Å². The van der Waals surface area contributed by atoms with Crippen molar-refractivity contribution < 1.29 is 4.42 Å². The van der Waals surface area contributed by atoms with Crippen molar-refractivity contribution in [3.8, 4) is 28.5 Å². The Labute approximate surface area is 268 Å². The van der Waals surface area contributed by atoms with Crippen molar-refractivity contribution in [1.82, 2.24) is 14.5 Å².